The minimum absolute atomic E-state index is 0.616. The predicted octanol–water partition coefficient (Wildman–Crippen LogP) is 5.46. The molecule has 0 saturated heterocycles. The number of aromatic nitrogens is 1. The molecule has 4 rings (SSSR count). The number of nitrogens with zero attached hydrogens (tertiary/aromatic N) is 2. The van der Waals surface area contributed by atoms with E-state index in [0.29, 0.717) is 16.0 Å². The fourth-order valence-electron chi connectivity index (χ4n) is 2.93. The Morgan fingerprint density at radius 1 is 1.20 bits per heavy atom. The minimum Gasteiger partial charge on any atom is -0.347 e. The lowest BCUT2D eigenvalue weighted by Gasteiger charge is -2.14. The van der Waals surface area contributed by atoms with Crippen LogP contribution in [0.25, 0.3) is 11.3 Å². The molecule has 0 spiro atoms. The number of pyridine rings is 1. The lowest BCUT2D eigenvalue weighted by molar-refractivity contribution is 0.872. The van der Waals surface area contributed by atoms with Crippen molar-refractivity contribution in [2.24, 2.45) is 16.8 Å². The molecular formula is C20H17Cl2N3. The Hall–Kier alpha value is -2.10. The van der Waals surface area contributed by atoms with E-state index >= 15 is 0 Å². The monoisotopic (exact) mass is 369 g/mol. The summed E-state index contributed by atoms with van der Waals surface area (Å²) < 4.78 is 0. The molecule has 0 radical (unpaired) electrons. The highest BCUT2D eigenvalue weighted by Crippen LogP contribution is 2.39. The molecule has 0 amide bonds. The Labute approximate surface area is 157 Å². The molecule has 1 saturated carbocycles. The van der Waals surface area contributed by atoms with Gasteiger partial charge in [-0.2, -0.15) is 0 Å². The van der Waals surface area contributed by atoms with Gasteiger partial charge in [0.2, 0.25) is 0 Å². The van der Waals surface area contributed by atoms with Crippen LogP contribution >= 0.6 is 23.2 Å². The highest BCUT2D eigenvalue weighted by molar-refractivity contribution is 6.35. The third-order valence-electron chi connectivity index (χ3n) is 4.52. The lowest BCUT2D eigenvalue weighted by atomic mass is 10.0. The molecule has 2 aromatic rings. The van der Waals surface area contributed by atoms with Crippen molar-refractivity contribution in [2.45, 2.75) is 13.3 Å². The van der Waals surface area contributed by atoms with Crippen molar-refractivity contribution in [3.8, 4) is 11.3 Å². The topological polar surface area (TPSA) is 37.3 Å². The Kier molecular flexibility index (Phi) is 4.36. The maximum atomic E-state index is 6.38. The largest absolute Gasteiger partial charge is 0.347 e. The Morgan fingerprint density at radius 3 is 2.84 bits per heavy atom. The Bertz CT molecular complexity index is 915. The van der Waals surface area contributed by atoms with Crippen LogP contribution in [0.5, 0.6) is 0 Å². The molecule has 2 atom stereocenters. The second kappa shape index (κ2) is 6.66. The minimum atomic E-state index is 0.616. The van der Waals surface area contributed by atoms with E-state index in [1.807, 2.05) is 30.5 Å². The van der Waals surface area contributed by atoms with E-state index in [0.717, 1.165) is 34.3 Å². The summed E-state index contributed by atoms with van der Waals surface area (Å²) in [7, 11) is 0. The highest BCUT2D eigenvalue weighted by Gasteiger charge is 2.31. The van der Waals surface area contributed by atoms with Crippen molar-refractivity contribution >= 4 is 28.9 Å². The van der Waals surface area contributed by atoms with Gasteiger partial charge in [-0.3, -0.25) is 4.98 Å². The van der Waals surface area contributed by atoms with Crippen LogP contribution in [0, 0.1) is 11.8 Å². The van der Waals surface area contributed by atoms with Crippen LogP contribution in [-0.4, -0.2) is 10.7 Å². The van der Waals surface area contributed by atoms with Gasteiger partial charge in [0.25, 0.3) is 0 Å². The number of nitrogens with one attached hydrogen (secondary N) is 1. The van der Waals surface area contributed by atoms with Gasteiger partial charge in [0, 0.05) is 28.5 Å². The molecular weight excluding hydrogens is 353 g/mol. The first kappa shape index (κ1) is 16.4. The third kappa shape index (κ3) is 3.48. The zero-order chi connectivity index (χ0) is 17.4. The zero-order valence-corrected chi connectivity index (χ0v) is 15.2. The standard InChI is InChI=1S/C20H17Cl2N3/c1-12-9-13(12)10-19-23-8-6-18(25-19)15-3-2-7-24-20(15)16-11-14(21)4-5-17(16)22/h2-8,10-13,23H,9H2,1H3/b19-10+/t12?,13-/m1/s1. The summed E-state index contributed by atoms with van der Waals surface area (Å²) in [5, 5.41) is 4.46. The van der Waals surface area contributed by atoms with Crippen LogP contribution in [0.15, 0.2) is 65.7 Å². The molecule has 1 aromatic carbocycles. The van der Waals surface area contributed by atoms with Crippen molar-refractivity contribution < 1.29 is 0 Å². The van der Waals surface area contributed by atoms with E-state index in [-0.39, 0.29) is 0 Å². The van der Waals surface area contributed by atoms with Gasteiger partial charge < -0.3 is 5.32 Å². The van der Waals surface area contributed by atoms with Crippen LogP contribution in [0.4, 0.5) is 0 Å². The first-order valence-electron chi connectivity index (χ1n) is 8.26. The van der Waals surface area contributed by atoms with E-state index in [1.165, 1.54) is 6.42 Å². The lowest BCUT2D eigenvalue weighted by Crippen LogP contribution is -2.14. The second-order valence-corrected chi connectivity index (χ2v) is 7.27. The summed E-state index contributed by atoms with van der Waals surface area (Å²) in [4.78, 5) is 9.31. The SMILES string of the molecule is CC1C[C@@H]1/C=C1/N=C(c2cccnc2-c2cc(Cl)ccc2Cl)C=CN1. The third-order valence-corrected chi connectivity index (χ3v) is 5.09. The van der Waals surface area contributed by atoms with E-state index in [1.54, 1.807) is 18.3 Å². The molecule has 2 aliphatic rings. The molecule has 1 fully saturated rings. The van der Waals surface area contributed by atoms with E-state index < -0.39 is 0 Å². The van der Waals surface area contributed by atoms with Crippen molar-refractivity contribution in [3.63, 3.8) is 0 Å². The number of aliphatic imine (C=N–C) groups is 1. The van der Waals surface area contributed by atoms with Gasteiger partial charge in [0.1, 0.15) is 5.82 Å². The molecule has 5 heteroatoms. The van der Waals surface area contributed by atoms with Gasteiger partial charge in [0.15, 0.2) is 0 Å². The first-order chi connectivity index (χ1) is 12.1. The number of allylic oxidation sites excluding steroid dienone is 2. The summed E-state index contributed by atoms with van der Waals surface area (Å²) in [5.41, 5.74) is 3.37. The van der Waals surface area contributed by atoms with E-state index in [4.69, 9.17) is 28.2 Å². The zero-order valence-electron chi connectivity index (χ0n) is 13.7. The summed E-state index contributed by atoms with van der Waals surface area (Å²) in [6.45, 7) is 2.26. The molecule has 126 valence electrons. The number of halogens is 2. The molecule has 25 heavy (non-hydrogen) atoms. The van der Waals surface area contributed by atoms with Crippen molar-refractivity contribution in [1.82, 2.24) is 10.3 Å². The fourth-order valence-corrected chi connectivity index (χ4v) is 3.31. The quantitative estimate of drug-likeness (QED) is 0.779. The average Bonchev–Trinajstić information content (AvgIpc) is 3.32. The van der Waals surface area contributed by atoms with Crippen LogP contribution in [0.1, 0.15) is 18.9 Å². The van der Waals surface area contributed by atoms with Gasteiger partial charge in [-0.05, 0) is 60.7 Å². The van der Waals surface area contributed by atoms with Crippen molar-refractivity contribution in [1.29, 1.82) is 0 Å². The molecule has 1 unspecified atom stereocenters. The van der Waals surface area contributed by atoms with Crippen LogP contribution < -0.4 is 5.32 Å². The molecule has 1 aliphatic heterocycles. The van der Waals surface area contributed by atoms with Crippen LogP contribution in [-0.2, 0) is 0 Å². The normalized spacial score (nSPS) is 23.3. The number of hydrogen-bond donors (Lipinski definition) is 1. The second-order valence-electron chi connectivity index (χ2n) is 6.43. The van der Waals surface area contributed by atoms with Gasteiger partial charge in [-0.1, -0.05) is 30.1 Å². The van der Waals surface area contributed by atoms with E-state index in [9.17, 15) is 0 Å². The summed E-state index contributed by atoms with van der Waals surface area (Å²) in [5.74, 6) is 2.26. The predicted molar refractivity (Wildman–Crippen MR) is 104 cm³/mol. The van der Waals surface area contributed by atoms with Gasteiger partial charge in [-0.15, -0.1) is 0 Å². The Morgan fingerprint density at radius 2 is 2.04 bits per heavy atom. The fraction of sp³-hybridized carbons (Fsp3) is 0.200. The van der Waals surface area contributed by atoms with Gasteiger partial charge >= 0.3 is 0 Å². The van der Waals surface area contributed by atoms with Crippen molar-refractivity contribution in [2.75, 3.05) is 0 Å². The molecule has 2 heterocycles. The molecule has 1 N–H and O–H groups in total. The maximum Gasteiger partial charge on any atom is 0.126 e. The number of benzene rings is 1. The first-order valence-corrected chi connectivity index (χ1v) is 9.02. The molecule has 1 aromatic heterocycles. The maximum absolute atomic E-state index is 6.38. The van der Waals surface area contributed by atoms with Crippen LogP contribution in [0.2, 0.25) is 10.0 Å². The summed E-state index contributed by atoms with van der Waals surface area (Å²) in [6, 6.07) is 9.31. The smallest absolute Gasteiger partial charge is 0.126 e. The van der Waals surface area contributed by atoms with Crippen LogP contribution in [0.3, 0.4) is 0 Å². The number of rotatable bonds is 3. The molecule has 1 aliphatic carbocycles. The Balaban J connectivity index is 1.77. The molecule has 0 bridgehead atoms. The number of hydrogen-bond acceptors (Lipinski definition) is 3. The highest BCUT2D eigenvalue weighted by atomic mass is 35.5. The summed E-state index contributed by atoms with van der Waals surface area (Å²) >= 11 is 12.5. The summed E-state index contributed by atoms with van der Waals surface area (Å²) in [6.07, 6.45) is 9.06. The van der Waals surface area contributed by atoms with Crippen molar-refractivity contribution in [3.05, 3.63) is 76.3 Å². The molecule has 3 nitrogen and oxygen atoms in total. The van der Waals surface area contributed by atoms with E-state index in [2.05, 4.69) is 23.3 Å². The average molecular weight is 370 g/mol. The van der Waals surface area contributed by atoms with Gasteiger partial charge in [-0.25, -0.2) is 4.99 Å². The van der Waals surface area contributed by atoms with Gasteiger partial charge in [0.05, 0.1) is 16.4 Å².